The van der Waals surface area contributed by atoms with Gasteiger partial charge in [-0.3, -0.25) is 0 Å². The maximum Gasteiger partial charge on any atom is 0.143 e. The molecule has 0 bridgehead atoms. The van der Waals surface area contributed by atoms with Crippen LogP contribution in [0.2, 0.25) is 5.02 Å². The van der Waals surface area contributed by atoms with Crippen molar-refractivity contribution in [3.8, 4) is 22.5 Å². The minimum Gasteiger partial charge on any atom is -0.455 e. The summed E-state index contributed by atoms with van der Waals surface area (Å²) in [5, 5.41) is 4.10. The third kappa shape index (κ3) is 2.40. The van der Waals surface area contributed by atoms with E-state index in [4.69, 9.17) is 16.0 Å². The van der Waals surface area contributed by atoms with Gasteiger partial charge in [0.05, 0.1) is 0 Å². The van der Waals surface area contributed by atoms with Crippen molar-refractivity contribution in [3.05, 3.63) is 96.0 Å². The van der Waals surface area contributed by atoms with Crippen LogP contribution < -0.4 is 0 Å². The minimum absolute atomic E-state index is 0.728. The van der Waals surface area contributed by atoms with E-state index in [0.717, 1.165) is 49.2 Å². The fraction of sp³-hybridized carbons (Fsp3) is 0. The number of fused-ring (bicyclic) bond motifs is 3. The van der Waals surface area contributed by atoms with Crippen molar-refractivity contribution in [2.24, 2.45) is 0 Å². The smallest absolute Gasteiger partial charge is 0.143 e. The third-order valence-corrected chi connectivity index (χ3v) is 4.97. The second-order valence-corrected chi connectivity index (χ2v) is 6.78. The SMILES string of the molecule is Clc1ccc2ccc3oc(-c4ccccc4)c(-c4ccccc4)c3c2c1. The van der Waals surface area contributed by atoms with E-state index in [0.29, 0.717) is 0 Å². The summed E-state index contributed by atoms with van der Waals surface area (Å²) >= 11 is 6.31. The van der Waals surface area contributed by atoms with Crippen molar-refractivity contribution in [2.45, 2.75) is 0 Å². The predicted molar refractivity (Wildman–Crippen MR) is 110 cm³/mol. The Hall–Kier alpha value is -3.03. The lowest BCUT2D eigenvalue weighted by molar-refractivity contribution is 0.632. The molecule has 2 heteroatoms. The van der Waals surface area contributed by atoms with Gasteiger partial charge in [0.2, 0.25) is 0 Å². The molecule has 0 atom stereocenters. The summed E-state index contributed by atoms with van der Waals surface area (Å²) in [6.07, 6.45) is 0. The van der Waals surface area contributed by atoms with Crippen LogP contribution in [-0.2, 0) is 0 Å². The summed E-state index contributed by atoms with van der Waals surface area (Å²) in [4.78, 5) is 0. The van der Waals surface area contributed by atoms with E-state index in [1.54, 1.807) is 0 Å². The van der Waals surface area contributed by atoms with Crippen molar-refractivity contribution < 1.29 is 4.42 Å². The zero-order valence-electron chi connectivity index (χ0n) is 13.9. The Balaban J connectivity index is 1.97. The van der Waals surface area contributed by atoms with Crippen LogP contribution in [0.3, 0.4) is 0 Å². The van der Waals surface area contributed by atoms with E-state index < -0.39 is 0 Å². The molecule has 0 aliphatic heterocycles. The molecule has 0 aliphatic carbocycles. The molecule has 1 nitrogen and oxygen atoms in total. The van der Waals surface area contributed by atoms with Crippen LogP contribution in [0.4, 0.5) is 0 Å². The largest absolute Gasteiger partial charge is 0.455 e. The van der Waals surface area contributed by atoms with Crippen LogP contribution in [0.1, 0.15) is 0 Å². The minimum atomic E-state index is 0.728. The summed E-state index contributed by atoms with van der Waals surface area (Å²) in [6, 6.07) is 30.8. The molecule has 26 heavy (non-hydrogen) atoms. The molecule has 0 aliphatic rings. The van der Waals surface area contributed by atoms with E-state index in [2.05, 4.69) is 48.5 Å². The molecule has 0 saturated heterocycles. The van der Waals surface area contributed by atoms with Gasteiger partial charge < -0.3 is 4.42 Å². The van der Waals surface area contributed by atoms with Crippen LogP contribution >= 0.6 is 11.6 Å². The maximum absolute atomic E-state index is 6.34. The number of furan rings is 1. The molecule has 0 N–H and O–H groups in total. The number of hydrogen-bond donors (Lipinski definition) is 0. The van der Waals surface area contributed by atoms with Crippen LogP contribution in [-0.4, -0.2) is 0 Å². The number of benzene rings is 4. The predicted octanol–water partition coefficient (Wildman–Crippen LogP) is 7.57. The number of rotatable bonds is 2. The highest BCUT2D eigenvalue weighted by Crippen LogP contribution is 2.44. The van der Waals surface area contributed by atoms with Gasteiger partial charge in [0.25, 0.3) is 0 Å². The Bertz CT molecular complexity index is 1220. The molecule has 5 rings (SSSR count). The first-order chi connectivity index (χ1) is 12.8. The van der Waals surface area contributed by atoms with Gasteiger partial charge in [-0.05, 0) is 34.5 Å². The topological polar surface area (TPSA) is 13.1 Å². The van der Waals surface area contributed by atoms with Crippen molar-refractivity contribution in [1.82, 2.24) is 0 Å². The lowest BCUT2D eigenvalue weighted by atomic mass is 9.95. The summed E-state index contributed by atoms with van der Waals surface area (Å²) in [6.45, 7) is 0. The van der Waals surface area contributed by atoms with Crippen LogP contribution in [0.5, 0.6) is 0 Å². The maximum atomic E-state index is 6.34. The van der Waals surface area contributed by atoms with Crippen molar-refractivity contribution in [3.63, 3.8) is 0 Å². The Kier molecular flexibility index (Phi) is 3.55. The van der Waals surface area contributed by atoms with Crippen LogP contribution in [0.25, 0.3) is 44.2 Å². The average molecular weight is 355 g/mol. The lowest BCUT2D eigenvalue weighted by Gasteiger charge is -2.06. The summed E-state index contributed by atoms with van der Waals surface area (Å²) in [5.41, 5.74) is 4.19. The van der Waals surface area contributed by atoms with E-state index in [1.165, 1.54) is 0 Å². The molecular weight excluding hydrogens is 340 g/mol. The standard InChI is InChI=1S/C24H15ClO/c25-19-13-11-16-12-14-21-23(20(16)15-19)22(17-7-3-1-4-8-17)24(26-21)18-9-5-2-6-10-18/h1-15H. The second-order valence-electron chi connectivity index (χ2n) is 6.34. The molecule has 0 amide bonds. The molecule has 0 fully saturated rings. The molecule has 0 radical (unpaired) electrons. The van der Waals surface area contributed by atoms with Gasteiger partial charge in [0, 0.05) is 21.5 Å². The third-order valence-electron chi connectivity index (χ3n) is 4.73. The first-order valence-electron chi connectivity index (χ1n) is 8.57. The second kappa shape index (κ2) is 6.05. The Morgan fingerprint density at radius 1 is 0.654 bits per heavy atom. The van der Waals surface area contributed by atoms with Crippen LogP contribution in [0.15, 0.2) is 95.4 Å². The molecule has 1 aromatic heterocycles. The zero-order valence-corrected chi connectivity index (χ0v) is 14.7. The van der Waals surface area contributed by atoms with Gasteiger partial charge in [-0.1, -0.05) is 84.4 Å². The fourth-order valence-electron chi connectivity index (χ4n) is 3.56. The monoisotopic (exact) mass is 354 g/mol. The first kappa shape index (κ1) is 15.2. The quantitative estimate of drug-likeness (QED) is 0.318. The van der Waals surface area contributed by atoms with Gasteiger partial charge in [0.15, 0.2) is 0 Å². The Morgan fingerprint density at radius 3 is 2.04 bits per heavy atom. The van der Waals surface area contributed by atoms with Crippen molar-refractivity contribution >= 4 is 33.3 Å². The van der Waals surface area contributed by atoms with Gasteiger partial charge in [-0.15, -0.1) is 0 Å². The van der Waals surface area contributed by atoms with E-state index in [-0.39, 0.29) is 0 Å². The highest BCUT2D eigenvalue weighted by atomic mass is 35.5. The van der Waals surface area contributed by atoms with Gasteiger partial charge >= 0.3 is 0 Å². The number of hydrogen-bond acceptors (Lipinski definition) is 1. The van der Waals surface area contributed by atoms with Gasteiger partial charge in [-0.25, -0.2) is 0 Å². The molecule has 5 aromatic rings. The summed E-state index contributed by atoms with van der Waals surface area (Å²) in [7, 11) is 0. The van der Waals surface area contributed by atoms with E-state index >= 15 is 0 Å². The molecule has 0 saturated carbocycles. The molecule has 0 spiro atoms. The lowest BCUT2D eigenvalue weighted by Crippen LogP contribution is -1.82. The van der Waals surface area contributed by atoms with Gasteiger partial charge in [-0.2, -0.15) is 0 Å². The highest BCUT2D eigenvalue weighted by Gasteiger charge is 2.19. The molecule has 1 heterocycles. The first-order valence-corrected chi connectivity index (χ1v) is 8.95. The van der Waals surface area contributed by atoms with E-state index in [1.807, 2.05) is 42.5 Å². The molecular formula is C24H15ClO. The van der Waals surface area contributed by atoms with Crippen molar-refractivity contribution in [2.75, 3.05) is 0 Å². The molecule has 0 unspecified atom stereocenters. The van der Waals surface area contributed by atoms with Crippen molar-refractivity contribution in [1.29, 1.82) is 0 Å². The van der Waals surface area contributed by atoms with E-state index in [9.17, 15) is 0 Å². The summed E-state index contributed by atoms with van der Waals surface area (Å²) in [5.74, 6) is 0.888. The normalized spacial score (nSPS) is 11.3. The number of halogens is 1. The Labute approximate surface area is 156 Å². The van der Waals surface area contributed by atoms with Crippen LogP contribution in [0, 0.1) is 0 Å². The average Bonchev–Trinajstić information content (AvgIpc) is 3.09. The highest BCUT2D eigenvalue weighted by molar-refractivity contribution is 6.32. The zero-order chi connectivity index (χ0) is 17.5. The Morgan fingerprint density at radius 2 is 1.31 bits per heavy atom. The molecule has 4 aromatic carbocycles. The molecule has 124 valence electrons. The van der Waals surface area contributed by atoms with Gasteiger partial charge in [0.1, 0.15) is 11.3 Å². The summed E-state index contributed by atoms with van der Waals surface area (Å²) < 4.78 is 6.34. The fourth-order valence-corrected chi connectivity index (χ4v) is 3.73.